The van der Waals surface area contributed by atoms with E-state index in [9.17, 15) is 10.1 Å². The summed E-state index contributed by atoms with van der Waals surface area (Å²) >= 11 is 0. The second-order valence-corrected chi connectivity index (χ2v) is 8.14. The molecule has 4 rings (SSSR count). The minimum Gasteiger partial charge on any atom is -0.497 e. The number of nitrogens with zero attached hydrogens (tertiary/aromatic N) is 5. The molecule has 2 aromatic carbocycles. The number of nitro groups is 1. The summed E-state index contributed by atoms with van der Waals surface area (Å²) in [6, 6.07) is 12.6. The van der Waals surface area contributed by atoms with Crippen LogP contribution in [0.25, 0.3) is 11.0 Å². The van der Waals surface area contributed by atoms with Gasteiger partial charge in [0.1, 0.15) is 17.2 Å². The number of hydrogen-bond donors (Lipinski definition) is 0. The summed E-state index contributed by atoms with van der Waals surface area (Å²) in [5.41, 5.74) is 2.85. The summed E-state index contributed by atoms with van der Waals surface area (Å²) in [6.07, 6.45) is 2.17. The summed E-state index contributed by atoms with van der Waals surface area (Å²) < 4.78 is 16.1. The van der Waals surface area contributed by atoms with Crippen molar-refractivity contribution in [1.82, 2.24) is 10.3 Å². The van der Waals surface area contributed by atoms with Crippen LogP contribution in [-0.4, -0.2) is 36.4 Å². The molecule has 0 spiro atoms. The smallest absolute Gasteiger partial charge is 0.323 e. The van der Waals surface area contributed by atoms with E-state index >= 15 is 0 Å². The topological polar surface area (TPSA) is 111 Å². The fourth-order valence-corrected chi connectivity index (χ4v) is 3.96. The summed E-state index contributed by atoms with van der Waals surface area (Å²) in [7, 11) is 5.08. The van der Waals surface area contributed by atoms with Crippen molar-refractivity contribution in [2.75, 3.05) is 31.0 Å². The van der Waals surface area contributed by atoms with E-state index in [2.05, 4.69) is 16.9 Å². The molecule has 0 saturated carbocycles. The molecule has 2 aromatic heterocycles. The van der Waals surface area contributed by atoms with Crippen LogP contribution < -0.4 is 14.5 Å². The van der Waals surface area contributed by atoms with Gasteiger partial charge in [-0.25, -0.2) is 4.63 Å². The van der Waals surface area contributed by atoms with E-state index < -0.39 is 4.92 Å². The number of aromatic nitrogens is 2. The molecule has 4 aromatic rings. The van der Waals surface area contributed by atoms with Gasteiger partial charge in [0.15, 0.2) is 5.52 Å². The molecule has 0 bridgehead atoms. The van der Waals surface area contributed by atoms with Gasteiger partial charge in [0, 0.05) is 19.8 Å². The molecule has 34 heavy (non-hydrogen) atoms. The number of rotatable bonds is 9. The van der Waals surface area contributed by atoms with Crippen molar-refractivity contribution in [2.45, 2.75) is 19.4 Å². The van der Waals surface area contributed by atoms with Gasteiger partial charge in [-0.3, -0.25) is 10.1 Å². The fourth-order valence-electron chi connectivity index (χ4n) is 3.96. The van der Waals surface area contributed by atoms with Gasteiger partial charge in [-0.15, -0.1) is 6.58 Å². The van der Waals surface area contributed by atoms with Crippen LogP contribution in [0, 0.1) is 10.1 Å². The lowest BCUT2D eigenvalue weighted by Gasteiger charge is -2.33. The monoisotopic (exact) mass is 463 g/mol. The predicted molar refractivity (Wildman–Crippen MR) is 129 cm³/mol. The Hall–Kier alpha value is -4.34. The first-order chi connectivity index (χ1) is 16.3. The Morgan fingerprint density at radius 2 is 1.88 bits per heavy atom. The molecule has 10 nitrogen and oxygen atoms in total. The highest BCUT2D eigenvalue weighted by Crippen LogP contribution is 2.46. The van der Waals surface area contributed by atoms with Gasteiger partial charge in [0.25, 0.3) is 0 Å². The number of hydrogen-bond acceptors (Lipinski definition) is 9. The fraction of sp³-hybridized carbons (Fsp3) is 0.250. The lowest BCUT2D eigenvalue weighted by atomic mass is 10.0. The van der Waals surface area contributed by atoms with Crippen LogP contribution in [0.5, 0.6) is 5.75 Å². The van der Waals surface area contributed by atoms with E-state index in [1.165, 1.54) is 0 Å². The lowest BCUT2D eigenvalue weighted by Crippen LogP contribution is -2.25. The van der Waals surface area contributed by atoms with Gasteiger partial charge < -0.3 is 19.0 Å². The first-order valence-electron chi connectivity index (χ1n) is 10.5. The molecule has 0 N–H and O–H groups in total. The zero-order chi connectivity index (χ0) is 24.4. The van der Waals surface area contributed by atoms with E-state index in [1.54, 1.807) is 38.4 Å². The standard InChI is InChI=1S/C24H25N5O5/c1-15(2)13-18(21-7-6-12-33-21)28(16-8-10-17(32-5)11-9-16)19-14-20(27(3)4)24(29(30)31)23-22(19)25-34-26-23/h6-12,14,18H,1,13H2,2-5H3. The van der Waals surface area contributed by atoms with Crippen molar-refractivity contribution in [1.29, 1.82) is 0 Å². The molecular formula is C24H25N5O5. The summed E-state index contributed by atoms with van der Waals surface area (Å²) in [4.78, 5) is 15.1. The minimum atomic E-state index is -0.471. The van der Waals surface area contributed by atoms with Crippen molar-refractivity contribution in [2.24, 2.45) is 0 Å². The minimum absolute atomic E-state index is 0.0678. The largest absolute Gasteiger partial charge is 0.497 e. The number of benzene rings is 2. The third-order valence-electron chi connectivity index (χ3n) is 5.47. The van der Waals surface area contributed by atoms with Gasteiger partial charge in [-0.2, -0.15) is 0 Å². The van der Waals surface area contributed by atoms with Gasteiger partial charge in [-0.1, -0.05) is 5.57 Å². The normalized spacial score (nSPS) is 11.9. The average molecular weight is 463 g/mol. The second-order valence-electron chi connectivity index (χ2n) is 8.14. The number of fused-ring (bicyclic) bond motifs is 1. The Morgan fingerprint density at radius 3 is 2.44 bits per heavy atom. The molecule has 0 aliphatic carbocycles. The van der Waals surface area contributed by atoms with E-state index in [1.807, 2.05) is 48.2 Å². The zero-order valence-corrected chi connectivity index (χ0v) is 19.4. The molecule has 2 heterocycles. The average Bonchev–Trinajstić information content (AvgIpc) is 3.50. The Kier molecular flexibility index (Phi) is 6.22. The van der Waals surface area contributed by atoms with Crippen LogP contribution in [0.15, 0.2) is 69.9 Å². The molecule has 10 heteroatoms. The van der Waals surface area contributed by atoms with Crippen LogP contribution in [-0.2, 0) is 0 Å². The predicted octanol–water partition coefficient (Wildman–Crippen LogP) is 5.64. The molecule has 0 saturated heterocycles. The van der Waals surface area contributed by atoms with Gasteiger partial charge >= 0.3 is 5.69 Å². The molecule has 0 fully saturated rings. The lowest BCUT2D eigenvalue weighted by molar-refractivity contribution is -0.382. The van der Waals surface area contributed by atoms with Crippen LogP contribution in [0.4, 0.5) is 22.7 Å². The van der Waals surface area contributed by atoms with Gasteiger partial charge in [0.2, 0.25) is 5.52 Å². The third-order valence-corrected chi connectivity index (χ3v) is 5.47. The summed E-state index contributed by atoms with van der Waals surface area (Å²) in [5, 5.41) is 19.9. The third kappa shape index (κ3) is 4.17. The van der Waals surface area contributed by atoms with E-state index in [-0.39, 0.29) is 22.8 Å². The first kappa shape index (κ1) is 22.8. The van der Waals surface area contributed by atoms with E-state index in [0.717, 1.165) is 11.3 Å². The molecule has 0 aliphatic rings. The number of methoxy groups -OCH3 is 1. The van der Waals surface area contributed by atoms with Crippen molar-refractivity contribution in [3.8, 4) is 5.75 Å². The van der Waals surface area contributed by atoms with E-state index in [4.69, 9.17) is 13.8 Å². The second kappa shape index (κ2) is 9.26. The molecular weight excluding hydrogens is 438 g/mol. The highest BCUT2D eigenvalue weighted by atomic mass is 16.6. The quantitative estimate of drug-likeness (QED) is 0.177. The SMILES string of the molecule is C=C(C)CC(c1ccco1)N(c1ccc(OC)cc1)c1cc(N(C)C)c([N+](=O)[O-])c2nonc12. The summed E-state index contributed by atoms with van der Waals surface area (Å²) in [5.74, 6) is 1.40. The van der Waals surface area contributed by atoms with Crippen LogP contribution in [0.1, 0.15) is 25.1 Å². The Morgan fingerprint density at radius 1 is 1.18 bits per heavy atom. The van der Waals surface area contributed by atoms with Crippen molar-refractivity contribution < 1.29 is 18.7 Å². The number of anilines is 3. The Bertz CT molecular complexity index is 1310. The van der Waals surface area contributed by atoms with Crippen molar-refractivity contribution in [3.63, 3.8) is 0 Å². The van der Waals surface area contributed by atoms with Crippen LogP contribution >= 0.6 is 0 Å². The highest BCUT2D eigenvalue weighted by Gasteiger charge is 2.33. The number of ether oxygens (including phenoxy) is 1. The molecule has 0 amide bonds. The van der Waals surface area contributed by atoms with Crippen LogP contribution in [0.2, 0.25) is 0 Å². The maximum atomic E-state index is 11.9. The summed E-state index contributed by atoms with van der Waals surface area (Å²) in [6.45, 7) is 6.05. The molecule has 1 atom stereocenters. The molecule has 0 aliphatic heterocycles. The maximum Gasteiger partial charge on any atom is 0.323 e. The van der Waals surface area contributed by atoms with Crippen LogP contribution in [0.3, 0.4) is 0 Å². The maximum absolute atomic E-state index is 11.9. The molecule has 176 valence electrons. The zero-order valence-electron chi connectivity index (χ0n) is 19.4. The number of furan rings is 1. The van der Waals surface area contributed by atoms with Gasteiger partial charge in [0.05, 0.1) is 30.0 Å². The molecule has 0 radical (unpaired) electrons. The number of nitro benzene ring substituents is 1. The van der Waals surface area contributed by atoms with Gasteiger partial charge in [-0.05, 0) is 66.1 Å². The van der Waals surface area contributed by atoms with Crippen molar-refractivity contribution >= 4 is 33.8 Å². The first-order valence-corrected chi connectivity index (χ1v) is 10.5. The van der Waals surface area contributed by atoms with E-state index in [0.29, 0.717) is 29.3 Å². The molecule has 1 unspecified atom stereocenters. The highest BCUT2D eigenvalue weighted by molar-refractivity contribution is 6.01. The Labute approximate surface area is 196 Å². The van der Waals surface area contributed by atoms with Crippen molar-refractivity contribution in [3.05, 3.63) is 76.8 Å². The Balaban J connectivity index is 2.04.